The van der Waals surface area contributed by atoms with Crippen LogP contribution in [0.4, 0.5) is 0 Å². The summed E-state index contributed by atoms with van der Waals surface area (Å²) in [5, 5.41) is 0. The number of benzene rings is 1. The Morgan fingerprint density at radius 3 is 2.11 bits per heavy atom. The van der Waals surface area contributed by atoms with E-state index in [0.717, 1.165) is 11.1 Å². The second kappa shape index (κ2) is 8.70. The molecule has 0 spiro atoms. The number of hydrogen-bond acceptors (Lipinski definition) is 2. The summed E-state index contributed by atoms with van der Waals surface area (Å²) in [5.74, 6) is -0.719. The molecule has 100 valence electrons. The fraction of sp³-hybridized carbons (Fsp3) is 0.286. The van der Waals surface area contributed by atoms with Crippen molar-refractivity contribution < 1.29 is 56.1 Å². The molecule has 0 aliphatic heterocycles. The summed E-state index contributed by atoms with van der Waals surface area (Å²) in [4.78, 5) is 23.1. The fourth-order valence-corrected chi connectivity index (χ4v) is 2.36. The minimum absolute atomic E-state index is 0. The number of halogens is 2. The Labute approximate surface area is 140 Å². The molecule has 0 saturated carbocycles. The smallest absolute Gasteiger partial charge is 1.00 e. The van der Waals surface area contributed by atoms with Crippen LogP contribution in [0.25, 0.3) is 6.08 Å². The second-order valence-corrected chi connectivity index (χ2v) is 4.21. The van der Waals surface area contributed by atoms with Gasteiger partial charge in [-0.3, -0.25) is 9.59 Å². The average Bonchev–Trinajstić information content (AvgIpc) is 2.61. The maximum atomic E-state index is 11.5. The van der Waals surface area contributed by atoms with E-state index in [2.05, 4.69) is 0 Å². The van der Waals surface area contributed by atoms with Crippen LogP contribution in [0.3, 0.4) is 0 Å². The quantitative estimate of drug-likeness (QED) is 0.427. The van der Waals surface area contributed by atoms with Crippen LogP contribution >= 0.6 is 0 Å². The average molecular weight is 333 g/mol. The fourth-order valence-electron chi connectivity index (χ4n) is 2.36. The van der Waals surface area contributed by atoms with E-state index in [1.165, 1.54) is 13.8 Å². The second-order valence-electron chi connectivity index (χ2n) is 4.21. The molecule has 1 unspecified atom stereocenters. The topological polar surface area (TPSA) is 34.1 Å². The van der Waals surface area contributed by atoms with Gasteiger partial charge in [-0.15, -0.1) is 0 Å². The molecule has 0 heterocycles. The molecule has 2 rings (SSSR count). The van der Waals surface area contributed by atoms with Gasteiger partial charge in [0.1, 0.15) is 11.6 Å². The molecule has 1 aromatic rings. The van der Waals surface area contributed by atoms with Crippen LogP contribution in [-0.2, 0) is 31.3 Å². The van der Waals surface area contributed by atoms with Crippen molar-refractivity contribution in [2.45, 2.75) is 19.8 Å². The molecule has 5 heteroatoms. The van der Waals surface area contributed by atoms with Crippen molar-refractivity contribution >= 4 is 17.6 Å². The standard InChI is InChI=1S/C14H14O2.2ClH.Ti/c1-9(15)14(10(2)16)13-8-7-11-5-3-4-6-12(11)13;;;/h3-8,13-14H,1-2H3;2*1H;/q;;;+2/p-2. The predicted octanol–water partition coefficient (Wildman–Crippen LogP) is -3.40. The van der Waals surface area contributed by atoms with E-state index >= 15 is 0 Å². The Morgan fingerprint density at radius 1 is 1.05 bits per heavy atom. The molecule has 0 bridgehead atoms. The summed E-state index contributed by atoms with van der Waals surface area (Å²) in [7, 11) is 0. The van der Waals surface area contributed by atoms with Gasteiger partial charge >= 0.3 is 21.7 Å². The van der Waals surface area contributed by atoms with Gasteiger partial charge in [0.05, 0.1) is 5.92 Å². The molecule has 0 amide bonds. The zero-order valence-corrected chi connectivity index (χ0v) is 13.8. The molecule has 1 aliphatic rings. The van der Waals surface area contributed by atoms with Crippen LogP contribution in [0.5, 0.6) is 0 Å². The first-order valence-electron chi connectivity index (χ1n) is 5.39. The summed E-state index contributed by atoms with van der Waals surface area (Å²) < 4.78 is 0. The molecule has 0 saturated heterocycles. The number of allylic oxidation sites excluding steroid dienone is 1. The summed E-state index contributed by atoms with van der Waals surface area (Å²) in [6.07, 6.45) is 3.94. The van der Waals surface area contributed by atoms with Gasteiger partial charge in [0.2, 0.25) is 0 Å². The van der Waals surface area contributed by atoms with Gasteiger partial charge in [-0.1, -0.05) is 36.4 Å². The zero-order chi connectivity index (χ0) is 11.7. The molecular formula is C14H14Cl2O2Ti. The van der Waals surface area contributed by atoms with Crippen LogP contribution in [0.1, 0.15) is 30.9 Å². The summed E-state index contributed by atoms with van der Waals surface area (Å²) in [6, 6.07) is 7.89. The van der Waals surface area contributed by atoms with E-state index < -0.39 is 5.92 Å². The minimum Gasteiger partial charge on any atom is -1.00 e. The van der Waals surface area contributed by atoms with Crippen LogP contribution < -0.4 is 24.8 Å². The van der Waals surface area contributed by atoms with Crippen LogP contribution in [0, 0.1) is 5.92 Å². The van der Waals surface area contributed by atoms with Crippen molar-refractivity contribution in [3.8, 4) is 0 Å². The van der Waals surface area contributed by atoms with Crippen molar-refractivity contribution in [3.63, 3.8) is 0 Å². The molecule has 0 aromatic heterocycles. The minimum atomic E-state index is -0.528. The molecule has 1 aromatic carbocycles. The normalized spacial score (nSPS) is 14.8. The number of fused-ring (bicyclic) bond motifs is 1. The molecule has 1 aliphatic carbocycles. The maximum Gasteiger partial charge on any atom is 2.00 e. The van der Waals surface area contributed by atoms with E-state index in [9.17, 15) is 9.59 Å². The maximum absolute atomic E-state index is 11.5. The number of carbonyl (C=O) groups is 2. The first kappa shape index (κ1) is 20.9. The Bertz CT molecular complexity index is 472. The molecule has 1 atom stereocenters. The zero-order valence-electron chi connectivity index (χ0n) is 10.7. The van der Waals surface area contributed by atoms with Crippen molar-refractivity contribution in [2.75, 3.05) is 0 Å². The molecule has 19 heavy (non-hydrogen) atoms. The van der Waals surface area contributed by atoms with Gasteiger partial charge in [0.15, 0.2) is 0 Å². The first-order valence-corrected chi connectivity index (χ1v) is 5.39. The van der Waals surface area contributed by atoms with E-state index in [-0.39, 0.29) is 64.0 Å². The number of hydrogen-bond donors (Lipinski definition) is 0. The van der Waals surface area contributed by atoms with Crippen molar-refractivity contribution in [2.24, 2.45) is 5.92 Å². The molecule has 2 nitrogen and oxygen atoms in total. The third kappa shape index (κ3) is 4.29. The van der Waals surface area contributed by atoms with E-state index in [1.54, 1.807) is 0 Å². The van der Waals surface area contributed by atoms with Gasteiger partial charge in [-0.2, -0.15) is 0 Å². The van der Waals surface area contributed by atoms with Gasteiger partial charge < -0.3 is 24.8 Å². The Morgan fingerprint density at radius 2 is 1.58 bits per heavy atom. The molecule has 0 radical (unpaired) electrons. The predicted molar refractivity (Wildman–Crippen MR) is 63.1 cm³/mol. The SMILES string of the molecule is CC(=O)C(C(C)=O)C1C=Cc2ccccc21.[Cl-].[Cl-].[Ti+2]. The summed E-state index contributed by atoms with van der Waals surface area (Å²) in [6.45, 7) is 2.97. The van der Waals surface area contributed by atoms with E-state index in [1.807, 2.05) is 36.4 Å². The molecule has 0 N–H and O–H groups in total. The number of ketones is 2. The Kier molecular flexibility index (Phi) is 9.57. The van der Waals surface area contributed by atoms with Crippen LogP contribution in [0.2, 0.25) is 0 Å². The van der Waals surface area contributed by atoms with E-state index in [4.69, 9.17) is 0 Å². The number of rotatable bonds is 3. The third-order valence-electron chi connectivity index (χ3n) is 3.07. The molecular weight excluding hydrogens is 319 g/mol. The third-order valence-corrected chi connectivity index (χ3v) is 3.07. The van der Waals surface area contributed by atoms with Crippen molar-refractivity contribution in [1.29, 1.82) is 0 Å². The number of carbonyl (C=O) groups excluding carboxylic acids is 2. The number of Topliss-reactive ketones (excluding diaryl/α,β-unsaturated/α-hetero) is 2. The Hall–Kier alpha value is -0.406. The van der Waals surface area contributed by atoms with Gasteiger partial charge in [0.25, 0.3) is 0 Å². The van der Waals surface area contributed by atoms with Gasteiger partial charge in [0, 0.05) is 5.92 Å². The van der Waals surface area contributed by atoms with Crippen molar-refractivity contribution in [3.05, 3.63) is 41.5 Å². The van der Waals surface area contributed by atoms with E-state index in [0.29, 0.717) is 0 Å². The summed E-state index contributed by atoms with van der Waals surface area (Å²) >= 11 is 0. The van der Waals surface area contributed by atoms with Gasteiger partial charge in [-0.25, -0.2) is 0 Å². The Balaban J connectivity index is 0. The first-order chi connectivity index (χ1) is 7.61. The largest absolute Gasteiger partial charge is 2.00 e. The molecule has 0 fully saturated rings. The van der Waals surface area contributed by atoms with Crippen molar-refractivity contribution in [1.82, 2.24) is 0 Å². The van der Waals surface area contributed by atoms with Crippen LogP contribution in [-0.4, -0.2) is 11.6 Å². The van der Waals surface area contributed by atoms with Crippen LogP contribution in [0.15, 0.2) is 30.3 Å². The summed E-state index contributed by atoms with van der Waals surface area (Å²) in [5.41, 5.74) is 2.19. The monoisotopic (exact) mass is 332 g/mol. The van der Waals surface area contributed by atoms with Gasteiger partial charge in [-0.05, 0) is 25.0 Å².